The lowest BCUT2D eigenvalue weighted by Gasteiger charge is -2.31. The van der Waals surface area contributed by atoms with Crippen molar-refractivity contribution in [1.82, 2.24) is 20.3 Å². The average molecular weight is 589 g/mol. The molecule has 3 rings (SSSR count). The number of carbonyl (C=O) groups is 3. The normalized spacial score (nSPS) is 21.9. The molecule has 10 nitrogen and oxygen atoms in total. The van der Waals surface area contributed by atoms with Crippen LogP contribution in [0.15, 0.2) is 23.1 Å². The summed E-state index contributed by atoms with van der Waals surface area (Å²) in [5.74, 6) is -1.17. The Kier molecular flexibility index (Phi) is 11.0. The van der Waals surface area contributed by atoms with E-state index in [1.807, 2.05) is 13.8 Å². The maximum absolute atomic E-state index is 13.2. The van der Waals surface area contributed by atoms with Gasteiger partial charge in [0.15, 0.2) is 0 Å². The minimum Gasteiger partial charge on any atom is -0.465 e. The predicted octanol–water partition coefficient (Wildman–Crippen LogP) is 3.50. The maximum atomic E-state index is 13.2. The van der Waals surface area contributed by atoms with E-state index in [4.69, 9.17) is 11.6 Å². The zero-order valence-corrected chi connectivity index (χ0v) is 23.9. The van der Waals surface area contributed by atoms with Crippen molar-refractivity contribution in [2.75, 3.05) is 13.1 Å². The standard InChI is InChI=1S/C26H38ClFN4O6S/c1-16(2)13-20(31-25(34)22-14-17-7-3-4-8-21(17)32(22)26(35)36)24(33)29-11-5-6-12-30-39(37,38)23-10-9-18(28)15-19(23)27/h9-10,15-17,20-22,30H,3-8,11-14H2,1-2H3,(H,29,33)(H,31,34)(H,35,36)/t17?,20-,21?,22?/m0/s1. The van der Waals surface area contributed by atoms with Crippen LogP contribution < -0.4 is 15.4 Å². The van der Waals surface area contributed by atoms with Crippen LogP contribution in [0.5, 0.6) is 0 Å². The number of fused-ring (bicyclic) bond motifs is 1. The van der Waals surface area contributed by atoms with Gasteiger partial charge >= 0.3 is 6.09 Å². The van der Waals surface area contributed by atoms with Crippen LogP contribution >= 0.6 is 11.6 Å². The number of amides is 3. The van der Waals surface area contributed by atoms with Gasteiger partial charge in [0.2, 0.25) is 21.8 Å². The molecule has 1 aromatic rings. The molecule has 1 heterocycles. The van der Waals surface area contributed by atoms with Gasteiger partial charge in [-0.3, -0.25) is 14.5 Å². The second kappa shape index (κ2) is 13.8. The van der Waals surface area contributed by atoms with Crippen LogP contribution in [0, 0.1) is 17.7 Å². The van der Waals surface area contributed by atoms with E-state index in [-0.39, 0.29) is 46.8 Å². The van der Waals surface area contributed by atoms with Crippen LogP contribution in [0.1, 0.15) is 65.2 Å². The second-order valence-electron chi connectivity index (χ2n) is 10.7. The molecule has 4 N–H and O–H groups in total. The van der Waals surface area contributed by atoms with Gasteiger partial charge in [0, 0.05) is 19.1 Å². The number of carboxylic acid groups (broad SMARTS) is 1. The molecule has 2 fully saturated rings. The van der Waals surface area contributed by atoms with E-state index in [0.29, 0.717) is 25.7 Å². The summed E-state index contributed by atoms with van der Waals surface area (Å²) in [7, 11) is -3.91. The number of hydrogen-bond acceptors (Lipinski definition) is 5. The third-order valence-corrected chi connectivity index (χ3v) is 9.27. The van der Waals surface area contributed by atoms with Gasteiger partial charge in [-0.2, -0.15) is 0 Å². The Morgan fingerprint density at radius 1 is 1.15 bits per heavy atom. The number of unbranched alkanes of at least 4 members (excludes halogenated alkanes) is 1. The Balaban J connectivity index is 1.48. The minimum atomic E-state index is -3.91. The zero-order valence-electron chi connectivity index (χ0n) is 22.3. The van der Waals surface area contributed by atoms with Gasteiger partial charge in [-0.1, -0.05) is 38.3 Å². The first-order chi connectivity index (χ1) is 18.4. The number of carbonyl (C=O) groups excluding carboxylic acids is 2. The van der Waals surface area contributed by atoms with Gasteiger partial charge in [0.25, 0.3) is 0 Å². The molecular weight excluding hydrogens is 551 g/mol. The van der Waals surface area contributed by atoms with Crippen molar-refractivity contribution >= 4 is 39.5 Å². The molecule has 4 atom stereocenters. The second-order valence-corrected chi connectivity index (χ2v) is 12.9. The lowest BCUT2D eigenvalue weighted by molar-refractivity contribution is -0.131. The monoisotopic (exact) mass is 588 g/mol. The quantitative estimate of drug-likeness (QED) is 0.275. The molecule has 39 heavy (non-hydrogen) atoms. The highest BCUT2D eigenvalue weighted by molar-refractivity contribution is 7.89. The van der Waals surface area contributed by atoms with Crippen LogP contribution in [0.3, 0.4) is 0 Å². The Morgan fingerprint density at radius 2 is 1.85 bits per heavy atom. The number of benzene rings is 1. The van der Waals surface area contributed by atoms with E-state index in [9.17, 15) is 32.3 Å². The van der Waals surface area contributed by atoms with E-state index in [1.54, 1.807) is 0 Å². The summed E-state index contributed by atoms with van der Waals surface area (Å²) in [6, 6.07) is 1.27. The summed E-state index contributed by atoms with van der Waals surface area (Å²) in [4.78, 5) is 39.1. The Bertz CT molecular complexity index is 1150. The Labute approximate surface area is 234 Å². The smallest absolute Gasteiger partial charge is 0.408 e. The average Bonchev–Trinajstić information content (AvgIpc) is 3.25. The summed E-state index contributed by atoms with van der Waals surface area (Å²) >= 11 is 5.84. The highest BCUT2D eigenvalue weighted by Gasteiger charge is 2.48. The Hall–Kier alpha value is -2.44. The topological polar surface area (TPSA) is 145 Å². The van der Waals surface area contributed by atoms with Gasteiger partial charge < -0.3 is 15.7 Å². The largest absolute Gasteiger partial charge is 0.465 e. The lowest BCUT2D eigenvalue weighted by atomic mass is 9.85. The van der Waals surface area contributed by atoms with Gasteiger partial charge in [0.1, 0.15) is 22.8 Å². The van der Waals surface area contributed by atoms with Gasteiger partial charge in [-0.15, -0.1) is 0 Å². The zero-order chi connectivity index (χ0) is 28.7. The number of rotatable bonds is 12. The number of sulfonamides is 1. The van der Waals surface area contributed by atoms with Crippen LogP contribution in [-0.2, 0) is 19.6 Å². The fourth-order valence-electron chi connectivity index (χ4n) is 5.50. The highest BCUT2D eigenvalue weighted by Crippen LogP contribution is 2.39. The van der Waals surface area contributed by atoms with Crippen molar-refractivity contribution in [2.45, 2.75) is 88.2 Å². The third kappa shape index (κ3) is 8.28. The van der Waals surface area contributed by atoms with E-state index in [1.165, 1.54) is 4.90 Å². The molecule has 0 aromatic heterocycles. The number of nitrogens with one attached hydrogen (secondary N) is 3. The van der Waals surface area contributed by atoms with Gasteiger partial charge in [-0.25, -0.2) is 22.3 Å². The highest BCUT2D eigenvalue weighted by atomic mass is 35.5. The van der Waals surface area contributed by atoms with Crippen molar-refractivity contribution in [2.24, 2.45) is 11.8 Å². The first-order valence-electron chi connectivity index (χ1n) is 13.4. The lowest BCUT2D eigenvalue weighted by Crippen LogP contribution is -2.54. The molecule has 1 saturated carbocycles. The molecule has 13 heteroatoms. The molecule has 3 amide bonds. The summed E-state index contributed by atoms with van der Waals surface area (Å²) in [5.41, 5.74) is 0. The van der Waals surface area contributed by atoms with Crippen molar-refractivity contribution in [3.63, 3.8) is 0 Å². The predicted molar refractivity (Wildman–Crippen MR) is 144 cm³/mol. The van der Waals surface area contributed by atoms with Crippen molar-refractivity contribution < 1.29 is 32.3 Å². The first kappa shape index (κ1) is 31.1. The van der Waals surface area contributed by atoms with E-state index < -0.39 is 39.9 Å². The van der Waals surface area contributed by atoms with Gasteiger partial charge in [0.05, 0.1) is 5.02 Å². The Morgan fingerprint density at radius 3 is 2.51 bits per heavy atom. The van der Waals surface area contributed by atoms with E-state index in [0.717, 1.165) is 43.9 Å². The van der Waals surface area contributed by atoms with Crippen LogP contribution in [-0.4, -0.2) is 67.5 Å². The summed E-state index contributed by atoms with van der Waals surface area (Å²) in [5, 5.41) is 15.2. The third-order valence-electron chi connectivity index (χ3n) is 7.33. The molecule has 0 bridgehead atoms. The number of halogens is 2. The van der Waals surface area contributed by atoms with Crippen LogP contribution in [0.4, 0.5) is 9.18 Å². The maximum Gasteiger partial charge on any atom is 0.408 e. The van der Waals surface area contributed by atoms with Crippen LogP contribution in [0.25, 0.3) is 0 Å². The molecule has 2 aliphatic rings. The minimum absolute atomic E-state index is 0.0904. The number of likely N-dealkylation sites (tertiary alicyclic amines) is 1. The molecule has 1 aliphatic heterocycles. The molecule has 3 unspecified atom stereocenters. The van der Waals surface area contributed by atoms with E-state index >= 15 is 0 Å². The fraction of sp³-hybridized carbons (Fsp3) is 0.654. The molecule has 218 valence electrons. The summed E-state index contributed by atoms with van der Waals surface area (Å²) in [6.45, 7) is 4.21. The summed E-state index contributed by atoms with van der Waals surface area (Å²) < 4.78 is 40.4. The molecule has 1 aliphatic carbocycles. The van der Waals surface area contributed by atoms with E-state index in [2.05, 4.69) is 15.4 Å². The fourth-order valence-corrected chi connectivity index (χ4v) is 7.11. The summed E-state index contributed by atoms with van der Waals surface area (Å²) in [6.07, 6.45) is 4.27. The van der Waals surface area contributed by atoms with Crippen LogP contribution in [0.2, 0.25) is 5.02 Å². The molecule has 0 spiro atoms. The first-order valence-corrected chi connectivity index (χ1v) is 15.3. The molecule has 1 aromatic carbocycles. The van der Waals surface area contributed by atoms with Crippen molar-refractivity contribution in [3.8, 4) is 0 Å². The number of hydrogen-bond donors (Lipinski definition) is 4. The molecule has 0 radical (unpaired) electrons. The molecule has 1 saturated heterocycles. The van der Waals surface area contributed by atoms with Crippen molar-refractivity contribution in [1.29, 1.82) is 0 Å². The molecular formula is C26H38ClFN4O6S. The SMILES string of the molecule is CC(C)C[C@H](NC(=O)C1CC2CCCCC2N1C(=O)O)C(=O)NCCCCNS(=O)(=O)c1ccc(F)cc1Cl. The van der Waals surface area contributed by atoms with Gasteiger partial charge in [-0.05, 0) is 68.6 Å². The number of nitrogens with zero attached hydrogens (tertiary/aromatic N) is 1. The van der Waals surface area contributed by atoms with Crippen molar-refractivity contribution in [3.05, 3.63) is 29.0 Å².